The maximum Gasteiger partial charge on any atom is 0.325 e. The van der Waals surface area contributed by atoms with Gasteiger partial charge in [0.25, 0.3) is 5.91 Å². The van der Waals surface area contributed by atoms with Gasteiger partial charge in [-0.15, -0.1) is 0 Å². The van der Waals surface area contributed by atoms with Gasteiger partial charge in [0.15, 0.2) is 6.10 Å². The number of carbonyl (C=O) groups excluding carboxylic acids is 1. The highest BCUT2D eigenvalue weighted by Gasteiger charge is 2.27. The van der Waals surface area contributed by atoms with E-state index in [1.54, 1.807) is 24.3 Å². The van der Waals surface area contributed by atoms with Gasteiger partial charge >= 0.3 is 5.97 Å². The minimum atomic E-state index is -1.09. The SMILES string of the molecule is CC(C)C(Oc1cccc(Cl)c1)C(=O)N[C@@H](C)C(=O)O. The number of rotatable bonds is 6. The average Bonchev–Trinajstić information content (AvgIpc) is 2.35. The number of benzene rings is 1. The van der Waals surface area contributed by atoms with E-state index >= 15 is 0 Å². The Kier molecular flexibility index (Phi) is 5.82. The molecule has 0 aliphatic carbocycles. The molecule has 1 aromatic carbocycles. The molecule has 2 N–H and O–H groups in total. The van der Waals surface area contributed by atoms with Crippen molar-refractivity contribution in [2.24, 2.45) is 5.92 Å². The number of carboxylic acid groups (broad SMARTS) is 1. The van der Waals surface area contributed by atoms with E-state index in [9.17, 15) is 9.59 Å². The summed E-state index contributed by atoms with van der Waals surface area (Å²) in [5.41, 5.74) is 0. The van der Waals surface area contributed by atoms with Gasteiger partial charge in [-0.25, -0.2) is 0 Å². The van der Waals surface area contributed by atoms with Crippen LogP contribution >= 0.6 is 11.6 Å². The Morgan fingerprint density at radius 1 is 1.30 bits per heavy atom. The van der Waals surface area contributed by atoms with Gasteiger partial charge in [0.1, 0.15) is 11.8 Å². The molecule has 2 atom stereocenters. The second-order valence-corrected chi connectivity index (χ2v) is 5.24. The van der Waals surface area contributed by atoms with Crippen molar-refractivity contribution in [1.29, 1.82) is 0 Å². The lowest BCUT2D eigenvalue weighted by Gasteiger charge is -2.23. The lowest BCUT2D eigenvalue weighted by atomic mass is 10.1. The van der Waals surface area contributed by atoms with Crippen LogP contribution in [0.2, 0.25) is 5.02 Å². The fourth-order valence-electron chi connectivity index (χ4n) is 1.54. The lowest BCUT2D eigenvalue weighted by molar-refractivity contribution is -0.143. The summed E-state index contributed by atoms with van der Waals surface area (Å²) in [6, 6.07) is 5.74. The van der Waals surface area contributed by atoms with E-state index in [1.165, 1.54) is 6.92 Å². The van der Waals surface area contributed by atoms with Crippen molar-refractivity contribution in [3.8, 4) is 5.75 Å². The van der Waals surface area contributed by atoms with Gasteiger partial charge in [-0.2, -0.15) is 0 Å². The number of halogens is 1. The molecule has 110 valence electrons. The number of hydrogen-bond acceptors (Lipinski definition) is 3. The molecule has 5 nitrogen and oxygen atoms in total. The molecular weight excluding hydrogens is 282 g/mol. The van der Waals surface area contributed by atoms with Gasteiger partial charge in [-0.3, -0.25) is 9.59 Å². The van der Waals surface area contributed by atoms with Crippen LogP contribution in [0.15, 0.2) is 24.3 Å². The Morgan fingerprint density at radius 2 is 1.95 bits per heavy atom. The quantitative estimate of drug-likeness (QED) is 0.845. The highest BCUT2D eigenvalue weighted by atomic mass is 35.5. The first kappa shape index (κ1) is 16.3. The standard InChI is InChI=1S/C14H18ClNO4/c1-8(2)12(13(17)16-9(3)14(18)19)20-11-6-4-5-10(15)7-11/h4-9,12H,1-3H3,(H,16,17)(H,18,19)/t9-,12?/m0/s1. The molecule has 1 amide bonds. The number of hydrogen-bond donors (Lipinski definition) is 2. The maximum atomic E-state index is 12.1. The average molecular weight is 300 g/mol. The number of carboxylic acids is 1. The number of carbonyl (C=O) groups is 2. The van der Waals surface area contributed by atoms with E-state index in [1.807, 2.05) is 13.8 Å². The molecule has 0 aliphatic rings. The van der Waals surface area contributed by atoms with E-state index < -0.39 is 24.0 Å². The molecule has 0 aromatic heterocycles. The first-order valence-corrected chi connectivity index (χ1v) is 6.64. The highest BCUT2D eigenvalue weighted by Crippen LogP contribution is 2.20. The minimum Gasteiger partial charge on any atom is -0.480 e. The number of nitrogens with one attached hydrogen (secondary N) is 1. The summed E-state index contributed by atoms with van der Waals surface area (Å²) >= 11 is 5.86. The van der Waals surface area contributed by atoms with Crippen LogP contribution < -0.4 is 10.1 Å². The van der Waals surface area contributed by atoms with Crippen molar-refractivity contribution < 1.29 is 19.4 Å². The predicted octanol–water partition coefficient (Wildman–Crippen LogP) is 2.33. The monoisotopic (exact) mass is 299 g/mol. The van der Waals surface area contributed by atoms with Gasteiger partial charge in [-0.05, 0) is 31.0 Å². The summed E-state index contributed by atoms with van der Waals surface area (Å²) in [5.74, 6) is -1.21. The van der Waals surface area contributed by atoms with Crippen LogP contribution in [-0.4, -0.2) is 29.1 Å². The van der Waals surface area contributed by atoms with Crippen molar-refractivity contribution in [2.45, 2.75) is 32.9 Å². The first-order chi connectivity index (χ1) is 9.31. The van der Waals surface area contributed by atoms with Gasteiger partial charge < -0.3 is 15.2 Å². The molecule has 0 bridgehead atoms. The van der Waals surface area contributed by atoms with Gasteiger partial charge in [0, 0.05) is 5.02 Å². The summed E-state index contributed by atoms with van der Waals surface area (Å²) in [5, 5.41) is 11.7. The summed E-state index contributed by atoms with van der Waals surface area (Å²) in [6.45, 7) is 5.04. The third-order valence-corrected chi connectivity index (χ3v) is 2.89. The zero-order chi connectivity index (χ0) is 15.3. The first-order valence-electron chi connectivity index (χ1n) is 6.26. The smallest absolute Gasteiger partial charge is 0.325 e. The molecule has 1 unspecified atom stereocenters. The van der Waals surface area contributed by atoms with E-state index in [4.69, 9.17) is 21.4 Å². The third-order valence-electron chi connectivity index (χ3n) is 2.65. The summed E-state index contributed by atoms with van der Waals surface area (Å²) in [7, 11) is 0. The van der Waals surface area contributed by atoms with E-state index in [-0.39, 0.29) is 5.92 Å². The number of amides is 1. The highest BCUT2D eigenvalue weighted by molar-refractivity contribution is 6.30. The largest absolute Gasteiger partial charge is 0.480 e. The molecule has 0 saturated heterocycles. The summed E-state index contributed by atoms with van der Waals surface area (Å²) < 4.78 is 5.61. The normalized spacial score (nSPS) is 13.7. The molecule has 0 heterocycles. The van der Waals surface area contributed by atoms with Crippen molar-refractivity contribution in [3.05, 3.63) is 29.3 Å². The van der Waals surface area contributed by atoms with Crippen LogP contribution in [-0.2, 0) is 9.59 Å². The van der Waals surface area contributed by atoms with Crippen LogP contribution in [0.5, 0.6) is 5.75 Å². The second-order valence-electron chi connectivity index (χ2n) is 4.81. The molecule has 1 rings (SSSR count). The predicted molar refractivity (Wildman–Crippen MR) is 75.9 cm³/mol. The summed E-state index contributed by atoms with van der Waals surface area (Å²) in [6.07, 6.45) is -0.782. The van der Waals surface area contributed by atoms with Crippen molar-refractivity contribution in [3.63, 3.8) is 0 Å². The zero-order valence-electron chi connectivity index (χ0n) is 11.6. The number of ether oxygens (including phenoxy) is 1. The van der Waals surface area contributed by atoms with Crippen LogP contribution in [0, 0.1) is 5.92 Å². The summed E-state index contributed by atoms with van der Waals surface area (Å²) in [4.78, 5) is 22.8. The molecule has 0 spiro atoms. The topological polar surface area (TPSA) is 75.6 Å². The molecule has 1 aromatic rings. The number of aliphatic carboxylic acids is 1. The fourth-order valence-corrected chi connectivity index (χ4v) is 1.72. The zero-order valence-corrected chi connectivity index (χ0v) is 12.3. The molecule has 20 heavy (non-hydrogen) atoms. The molecule has 0 aliphatic heterocycles. The van der Waals surface area contributed by atoms with Gasteiger partial charge in [-0.1, -0.05) is 31.5 Å². The van der Waals surface area contributed by atoms with Gasteiger partial charge in [0.05, 0.1) is 0 Å². The Hall–Kier alpha value is -1.75. The minimum absolute atomic E-state index is 0.116. The Balaban J connectivity index is 2.79. The van der Waals surface area contributed by atoms with Crippen LogP contribution in [0.4, 0.5) is 0 Å². The molecule has 0 radical (unpaired) electrons. The van der Waals surface area contributed by atoms with Crippen LogP contribution in [0.3, 0.4) is 0 Å². The fraction of sp³-hybridized carbons (Fsp3) is 0.429. The maximum absolute atomic E-state index is 12.1. The van der Waals surface area contributed by atoms with Gasteiger partial charge in [0.2, 0.25) is 0 Å². The van der Waals surface area contributed by atoms with Crippen molar-refractivity contribution >= 4 is 23.5 Å². The van der Waals surface area contributed by atoms with E-state index in [2.05, 4.69) is 5.32 Å². The Bertz CT molecular complexity index is 490. The molecular formula is C14H18ClNO4. The Morgan fingerprint density at radius 3 is 2.45 bits per heavy atom. The Labute approximate surface area is 122 Å². The van der Waals surface area contributed by atoms with Crippen LogP contribution in [0.1, 0.15) is 20.8 Å². The van der Waals surface area contributed by atoms with Crippen molar-refractivity contribution in [2.75, 3.05) is 0 Å². The molecule has 0 saturated carbocycles. The molecule has 0 fully saturated rings. The van der Waals surface area contributed by atoms with E-state index in [0.717, 1.165) is 0 Å². The lowest BCUT2D eigenvalue weighted by Crippen LogP contribution is -2.47. The third kappa shape index (κ3) is 4.74. The molecule has 6 heteroatoms. The van der Waals surface area contributed by atoms with Crippen molar-refractivity contribution in [1.82, 2.24) is 5.32 Å². The second kappa shape index (κ2) is 7.14. The van der Waals surface area contributed by atoms with Crippen LogP contribution in [0.25, 0.3) is 0 Å². The van der Waals surface area contributed by atoms with E-state index in [0.29, 0.717) is 10.8 Å².